The molecule has 0 bridgehead atoms. The van der Waals surface area contributed by atoms with Crippen molar-refractivity contribution in [3.8, 4) is 0 Å². The number of imidazole rings is 1. The van der Waals surface area contributed by atoms with Crippen LogP contribution in [0.4, 0.5) is 0 Å². The molecule has 96 valence electrons. The Balaban J connectivity index is 1.93. The van der Waals surface area contributed by atoms with Crippen molar-refractivity contribution in [1.29, 1.82) is 0 Å². The van der Waals surface area contributed by atoms with Crippen LogP contribution in [0.25, 0.3) is 0 Å². The highest BCUT2D eigenvalue weighted by molar-refractivity contribution is 7.99. The van der Waals surface area contributed by atoms with E-state index < -0.39 is 0 Å². The first-order valence-corrected chi connectivity index (χ1v) is 7.06. The van der Waals surface area contributed by atoms with E-state index in [1.165, 1.54) is 0 Å². The molecule has 17 heavy (non-hydrogen) atoms. The minimum Gasteiger partial charge on any atom is -0.394 e. The molecule has 2 atom stereocenters. The van der Waals surface area contributed by atoms with Gasteiger partial charge in [-0.05, 0) is 19.3 Å². The number of nitrogens with one attached hydrogen (secondary N) is 2. The third kappa shape index (κ3) is 3.24. The number of H-pyrrole nitrogens is 1. The number of aromatic amines is 1. The first kappa shape index (κ1) is 12.9. The van der Waals surface area contributed by atoms with Crippen LogP contribution in [0.1, 0.15) is 33.1 Å². The number of aliphatic hydroxyl groups is 1. The van der Waals surface area contributed by atoms with E-state index in [-0.39, 0.29) is 12.1 Å². The Hall–Kier alpha value is -0.520. The van der Waals surface area contributed by atoms with Crippen LogP contribution in [0.5, 0.6) is 0 Å². The summed E-state index contributed by atoms with van der Waals surface area (Å²) in [5.74, 6) is 0. The van der Waals surface area contributed by atoms with Crippen LogP contribution in [-0.4, -0.2) is 38.5 Å². The number of aliphatic hydroxyl groups excluding tert-OH is 1. The van der Waals surface area contributed by atoms with Crippen LogP contribution < -0.4 is 5.32 Å². The second-order valence-corrected chi connectivity index (χ2v) is 6.40. The highest BCUT2D eigenvalue weighted by atomic mass is 32.2. The normalized spacial score (nSPS) is 29.1. The first-order valence-electron chi connectivity index (χ1n) is 6.18. The molecule has 5 heteroatoms. The minimum atomic E-state index is -0.0849. The summed E-state index contributed by atoms with van der Waals surface area (Å²) in [5.41, 5.74) is -0.0849. The van der Waals surface area contributed by atoms with Gasteiger partial charge in [0.1, 0.15) is 0 Å². The van der Waals surface area contributed by atoms with Crippen LogP contribution in [0.15, 0.2) is 17.6 Å². The fourth-order valence-electron chi connectivity index (χ4n) is 2.58. The number of hydrogen-bond acceptors (Lipinski definition) is 4. The Labute approximate surface area is 107 Å². The van der Waals surface area contributed by atoms with Gasteiger partial charge in [0, 0.05) is 29.2 Å². The molecule has 1 aromatic rings. The molecule has 1 aromatic heterocycles. The molecule has 0 amide bonds. The van der Waals surface area contributed by atoms with Gasteiger partial charge in [-0.3, -0.25) is 0 Å². The summed E-state index contributed by atoms with van der Waals surface area (Å²) in [7, 11) is 0. The summed E-state index contributed by atoms with van der Waals surface area (Å²) in [6, 6.07) is 0.412. The zero-order chi connectivity index (χ0) is 12.3. The summed E-state index contributed by atoms with van der Waals surface area (Å²) in [4.78, 5) is 7.36. The smallest absolute Gasteiger partial charge is 0.165 e. The molecule has 0 aliphatic heterocycles. The summed E-state index contributed by atoms with van der Waals surface area (Å²) < 4.78 is 0. The van der Waals surface area contributed by atoms with E-state index in [2.05, 4.69) is 29.1 Å². The van der Waals surface area contributed by atoms with Gasteiger partial charge in [-0.1, -0.05) is 25.6 Å². The van der Waals surface area contributed by atoms with Gasteiger partial charge in [0.25, 0.3) is 0 Å². The lowest BCUT2D eigenvalue weighted by atomic mass is 9.98. The number of rotatable bonds is 5. The van der Waals surface area contributed by atoms with Crippen molar-refractivity contribution in [3.63, 3.8) is 0 Å². The summed E-state index contributed by atoms with van der Waals surface area (Å²) in [6.45, 7) is 4.48. The molecule has 2 rings (SSSR count). The molecule has 1 heterocycles. The SMILES string of the molecule is CC(C)NC1(CO)CCC(Sc2ncc[nH]2)C1. The van der Waals surface area contributed by atoms with Crippen LogP contribution >= 0.6 is 11.8 Å². The number of thioether (sulfide) groups is 1. The Morgan fingerprint density at radius 2 is 2.53 bits per heavy atom. The largest absolute Gasteiger partial charge is 0.394 e. The Morgan fingerprint density at radius 1 is 1.71 bits per heavy atom. The lowest BCUT2D eigenvalue weighted by Crippen LogP contribution is -2.49. The van der Waals surface area contributed by atoms with Gasteiger partial charge in [-0.2, -0.15) is 0 Å². The maximum atomic E-state index is 9.61. The van der Waals surface area contributed by atoms with Crippen molar-refractivity contribution in [2.45, 2.75) is 55.1 Å². The lowest BCUT2D eigenvalue weighted by molar-refractivity contribution is 0.156. The van der Waals surface area contributed by atoms with E-state index in [0.29, 0.717) is 11.3 Å². The van der Waals surface area contributed by atoms with Gasteiger partial charge in [-0.25, -0.2) is 4.98 Å². The summed E-state index contributed by atoms with van der Waals surface area (Å²) in [5, 5.41) is 14.7. The van der Waals surface area contributed by atoms with E-state index >= 15 is 0 Å². The van der Waals surface area contributed by atoms with Gasteiger partial charge in [0.2, 0.25) is 0 Å². The van der Waals surface area contributed by atoms with E-state index in [9.17, 15) is 5.11 Å². The quantitative estimate of drug-likeness (QED) is 0.750. The Morgan fingerprint density at radius 3 is 3.12 bits per heavy atom. The van der Waals surface area contributed by atoms with Crippen LogP contribution in [0.3, 0.4) is 0 Å². The van der Waals surface area contributed by atoms with E-state index in [4.69, 9.17) is 0 Å². The topological polar surface area (TPSA) is 60.9 Å². The van der Waals surface area contributed by atoms with Crippen LogP contribution in [0.2, 0.25) is 0 Å². The van der Waals surface area contributed by atoms with Crippen LogP contribution in [0, 0.1) is 0 Å². The molecular formula is C12H21N3OS. The van der Waals surface area contributed by atoms with Gasteiger partial charge in [-0.15, -0.1) is 0 Å². The monoisotopic (exact) mass is 255 g/mol. The summed E-state index contributed by atoms with van der Waals surface area (Å²) in [6.07, 6.45) is 6.81. The molecule has 2 unspecified atom stereocenters. The number of hydrogen-bond donors (Lipinski definition) is 3. The van der Waals surface area contributed by atoms with Crippen LogP contribution in [-0.2, 0) is 0 Å². The minimum absolute atomic E-state index is 0.0849. The predicted molar refractivity (Wildman–Crippen MR) is 70.2 cm³/mol. The van der Waals surface area contributed by atoms with Gasteiger partial charge < -0.3 is 15.4 Å². The Bertz CT molecular complexity index is 342. The van der Waals surface area contributed by atoms with E-state index in [1.807, 2.05) is 6.20 Å². The third-order valence-electron chi connectivity index (χ3n) is 3.21. The Kier molecular flexibility index (Phi) is 4.12. The summed E-state index contributed by atoms with van der Waals surface area (Å²) >= 11 is 1.78. The number of nitrogens with zero attached hydrogens (tertiary/aromatic N) is 1. The molecule has 0 radical (unpaired) electrons. The standard InChI is InChI=1S/C12H21N3OS/c1-9(2)15-12(8-16)4-3-10(7-12)17-11-13-5-6-14-11/h5-6,9-10,15-16H,3-4,7-8H2,1-2H3,(H,13,14). The molecule has 1 saturated carbocycles. The lowest BCUT2D eigenvalue weighted by Gasteiger charge is -2.31. The van der Waals surface area contributed by atoms with Crippen molar-refractivity contribution < 1.29 is 5.11 Å². The van der Waals surface area contributed by atoms with E-state index in [0.717, 1.165) is 24.4 Å². The molecular weight excluding hydrogens is 234 g/mol. The molecule has 0 saturated heterocycles. The van der Waals surface area contributed by atoms with E-state index in [1.54, 1.807) is 18.0 Å². The molecule has 3 N–H and O–H groups in total. The van der Waals surface area contributed by atoms with Crippen molar-refractivity contribution in [2.24, 2.45) is 0 Å². The average Bonchev–Trinajstić information content (AvgIpc) is 2.89. The fourth-order valence-corrected chi connectivity index (χ4v) is 3.80. The maximum Gasteiger partial charge on any atom is 0.165 e. The van der Waals surface area contributed by atoms with Crippen molar-refractivity contribution >= 4 is 11.8 Å². The number of aromatic nitrogens is 2. The van der Waals surface area contributed by atoms with Crippen molar-refractivity contribution in [3.05, 3.63) is 12.4 Å². The van der Waals surface area contributed by atoms with Crippen molar-refractivity contribution in [1.82, 2.24) is 15.3 Å². The first-order chi connectivity index (χ1) is 8.13. The predicted octanol–water partition coefficient (Wildman–Crippen LogP) is 1.78. The molecule has 1 aliphatic rings. The van der Waals surface area contributed by atoms with Gasteiger partial charge in [0.05, 0.1) is 6.61 Å². The third-order valence-corrected chi connectivity index (χ3v) is 4.39. The molecule has 4 nitrogen and oxygen atoms in total. The van der Waals surface area contributed by atoms with Gasteiger partial charge in [0.15, 0.2) is 5.16 Å². The highest BCUT2D eigenvalue weighted by Crippen LogP contribution is 2.39. The average molecular weight is 255 g/mol. The molecule has 1 fully saturated rings. The second-order valence-electron chi connectivity index (χ2n) is 5.11. The second kappa shape index (κ2) is 5.42. The van der Waals surface area contributed by atoms with Crippen molar-refractivity contribution in [2.75, 3.05) is 6.61 Å². The van der Waals surface area contributed by atoms with Gasteiger partial charge >= 0.3 is 0 Å². The zero-order valence-electron chi connectivity index (χ0n) is 10.4. The fraction of sp³-hybridized carbons (Fsp3) is 0.750. The zero-order valence-corrected chi connectivity index (χ0v) is 11.3. The maximum absolute atomic E-state index is 9.61. The highest BCUT2D eigenvalue weighted by Gasteiger charge is 2.39. The molecule has 1 aliphatic carbocycles. The molecule has 0 aromatic carbocycles. The molecule has 0 spiro atoms.